The molecule has 2 aromatic carbocycles. The first-order chi connectivity index (χ1) is 17.4. The molecule has 0 bridgehead atoms. The zero-order chi connectivity index (χ0) is 25.7. The molecule has 0 atom stereocenters. The van der Waals surface area contributed by atoms with Crippen molar-refractivity contribution in [2.45, 2.75) is 33.4 Å². The zero-order valence-corrected chi connectivity index (χ0v) is 22.6. The Kier molecular flexibility index (Phi) is 8.28. The second kappa shape index (κ2) is 11.6. The third-order valence-electron chi connectivity index (χ3n) is 6.25. The Bertz CT molecular complexity index is 1410. The first kappa shape index (κ1) is 25.7. The topological polar surface area (TPSA) is 66.6 Å². The van der Waals surface area contributed by atoms with Crippen molar-refractivity contribution in [1.29, 1.82) is 0 Å². The van der Waals surface area contributed by atoms with Gasteiger partial charge in [-0.3, -0.25) is 4.79 Å². The number of aromatic nitrogens is 1. The van der Waals surface area contributed by atoms with Crippen LogP contribution in [0.5, 0.6) is 11.5 Å². The maximum Gasteiger partial charge on any atom is 0.253 e. The monoisotopic (exact) mass is 521 g/mol. The highest BCUT2D eigenvalue weighted by Gasteiger charge is 2.15. The number of thiocarbonyl (C=S) groups is 1. The molecule has 0 saturated carbocycles. The molecule has 6 nitrogen and oxygen atoms in total. The third kappa shape index (κ3) is 6.06. The van der Waals surface area contributed by atoms with Crippen LogP contribution in [0.3, 0.4) is 0 Å². The minimum absolute atomic E-state index is 0.0879. The van der Waals surface area contributed by atoms with Crippen molar-refractivity contribution < 1.29 is 9.47 Å². The van der Waals surface area contributed by atoms with Gasteiger partial charge in [-0.25, -0.2) is 0 Å². The number of methoxy groups -OCH3 is 2. The largest absolute Gasteiger partial charge is 0.493 e. The summed E-state index contributed by atoms with van der Waals surface area (Å²) in [6, 6.07) is 16.1. The lowest BCUT2D eigenvalue weighted by Crippen LogP contribution is -2.40. The highest BCUT2D eigenvalue weighted by atomic mass is 32.1. The van der Waals surface area contributed by atoms with E-state index in [9.17, 15) is 4.79 Å². The first-order valence-electron chi connectivity index (χ1n) is 11.8. The van der Waals surface area contributed by atoms with Crippen LogP contribution in [0.25, 0.3) is 10.9 Å². The summed E-state index contributed by atoms with van der Waals surface area (Å²) < 4.78 is 10.7. The fourth-order valence-electron chi connectivity index (χ4n) is 4.10. The molecule has 2 N–H and O–H groups in total. The summed E-state index contributed by atoms with van der Waals surface area (Å²) in [5.41, 5.74) is 4.92. The summed E-state index contributed by atoms with van der Waals surface area (Å²) in [5.74, 6) is 1.41. The minimum atomic E-state index is -0.0879. The summed E-state index contributed by atoms with van der Waals surface area (Å²) in [5, 5.41) is 7.07. The number of pyridine rings is 1. The van der Waals surface area contributed by atoms with E-state index >= 15 is 0 Å². The second-order valence-electron chi connectivity index (χ2n) is 8.75. The van der Waals surface area contributed by atoms with Gasteiger partial charge in [0.25, 0.3) is 5.56 Å². The molecule has 2 heterocycles. The predicted molar refractivity (Wildman–Crippen MR) is 151 cm³/mol. The molecule has 4 rings (SSSR count). The SMILES string of the molecule is COc1ccc(CCNC(=S)N(Cc2cccs2)Cc2cc3cc(C)c(C)cc3[nH]c2=O)cc1OC. The fourth-order valence-corrected chi connectivity index (χ4v) is 5.05. The molecule has 0 radical (unpaired) electrons. The number of ether oxygens (including phenoxy) is 2. The predicted octanol–water partition coefficient (Wildman–Crippen LogP) is 5.34. The van der Waals surface area contributed by atoms with Crippen LogP contribution >= 0.6 is 23.6 Å². The van der Waals surface area contributed by atoms with Gasteiger partial charge in [0.15, 0.2) is 16.6 Å². The van der Waals surface area contributed by atoms with Crippen molar-refractivity contribution in [2.75, 3.05) is 20.8 Å². The van der Waals surface area contributed by atoms with Crippen LogP contribution in [-0.2, 0) is 19.5 Å². The molecular formula is C28H31N3O3S2. The zero-order valence-electron chi connectivity index (χ0n) is 21.0. The average Bonchev–Trinajstić information content (AvgIpc) is 3.38. The number of H-pyrrole nitrogens is 1. The molecule has 0 amide bonds. The summed E-state index contributed by atoms with van der Waals surface area (Å²) in [4.78, 5) is 19.2. The van der Waals surface area contributed by atoms with Crippen molar-refractivity contribution in [3.8, 4) is 11.5 Å². The van der Waals surface area contributed by atoms with Gasteiger partial charge in [-0.2, -0.15) is 0 Å². The second-order valence-corrected chi connectivity index (χ2v) is 10.2. The summed E-state index contributed by atoms with van der Waals surface area (Å²) in [6.07, 6.45) is 0.766. The highest BCUT2D eigenvalue weighted by molar-refractivity contribution is 7.80. The van der Waals surface area contributed by atoms with E-state index in [1.54, 1.807) is 25.6 Å². The average molecular weight is 522 g/mol. The maximum absolute atomic E-state index is 12.9. The molecule has 36 heavy (non-hydrogen) atoms. The van der Waals surface area contributed by atoms with Crippen LogP contribution in [0.2, 0.25) is 0 Å². The summed E-state index contributed by atoms with van der Waals surface area (Å²) >= 11 is 7.47. The third-order valence-corrected chi connectivity index (χ3v) is 7.51. The number of fused-ring (bicyclic) bond motifs is 1. The molecule has 0 aliphatic rings. The van der Waals surface area contributed by atoms with Gasteiger partial charge in [-0.1, -0.05) is 12.1 Å². The Hall–Kier alpha value is -3.36. The van der Waals surface area contributed by atoms with E-state index in [-0.39, 0.29) is 5.56 Å². The lowest BCUT2D eigenvalue weighted by atomic mass is 10.0. The van der Waals surface area contributed by atoms with Gasteiger partial charge in [0.05, 0.1) is 27.3 Å². The summed E-state index contributed by atoms with van der Waals surface area (Å²) in [7, 11) is 3.26. The molecule has 0 unspecified atom stereocenters. The molecule has 0 spiro atoms. The standard InChI is InChI=1S/C28H31N3O3S2/c1-18-12-21-15-22(27(32)30-24(21)13-19(18)2)16-31(17-23-6-5-11-36-23)28(35)29-10-9-20-7-8-25(33-3)26(14-20)34-4/h5-8,11-15H,9-10,16-17H2,1-4H3,(H,29,35)(H,30,32). The van der Waals surface area contributed by atoms with Crippen molar-refractivity contribution in [3.05, 3.63) is 91.4 Å². The van der Waals surface area contributed by atoms with Gasteiger partial charge in [-0.05, 0) is 96.3 Å². The minimum Gasteiger partial charge on any atom is -0.493 e. The van der Waals surface area contributed by atoms with Crippen molar-refractivity contribution >= 4 is 39.6 Å². The fraction of sp³-hybridized carbons (Fsp3) is 0.286. The van der Waals surface area contributed by atoms with E-state index < -0.39 is 0 Å². The number of nitrogens with one attached hydrogen (secondary N) is 2. The molecule has 0 aliphatic heterocycles. The van der Waals surface area contributed by atoms with Crippen LogP contribution in [0.4, 0.5) is 0 Å². The van der Waals surface area contributed by atoms with Gasteiger partial charge >= 0.3 is 0 Å². The highest BCUT2D eigenvalue weighted by Crippen LogP contribution is 2.27. The van der Waals surface area contributed by atoms with E-state index in [1.165, 1.54) is 10.4 Å². The van der Waals surface area contributed by atoms with Gasteiger partial charge in [0, 0.05) is 22.5 Å². The number of benzene rings is 2. The molecule has 0 saturated heterocycles. The van der Waals surface area contributed by atoms with Crippen molar-refractivity contribution in [2.24, 2.45) is 0 Å². The van der Waals surface area contributed by atoms with E-state index in [0.29, 0.717) is 41.8 Å². The Morgan fingerprint density at radius 2 is 1.81 bits per heavy atom. The number of thiophene rings is 1. The number of nitrogens with zero attached hydrogens (tertiary/aromatic N) is 1. The van der Waals surface area contributed by atoms with Crippen LogP contribution in [0.1, 0.15) is 27.1 Å². The smallest absolute Gasteiger partial charge is 0.253 e. The molecular weight excluding hydrogens is 490 g/mol. The molecule has 188 valence electrons. The van der Waals surface area contributed by atoms with Gasteiger partial charge in [-0.15, -0.1) is 11.3 Å². The van der Waals surface area contributed by atoms with E-state index in [0.717, 1.165) is 28.5 Å². The Labute approximate surface area is 220 Å². The number of hydrogen-bond acceptors (Lipinski definition) is 5. The molecule has 2 aromatic heterocycles. The van der Waals surface area contributed by atoms with E-state index in [2.05, 4.69) is 41.7 Å². The molecule has 4 aromatic rings. The number of aryl methyl sites for hydroxylation is 2. The quantitative estimate of drug-likeness (QED) is 0.290. The van der Waals surface area contributed by atoms with Gasteiger partial charge in [0.2, 0.25) is 0 Å². The lowest BCUT2D eigenvalue weighted by Gasteiger charge is -2.25. The van der Waals surface area contributed by atoms with Crippen LogP contribution in [0, 0.1) is 13.8 Å². The number of rotatable bonds is 9. The number of aromatic amines is 1. The number of hydrogen-bond donors (Lipinski definition) is 2. The van der Waals surface area contributed by atoms with Crippen molar-refractivity contribution in [1.82, 2.24) is 15.2 Å². The van der Waals surface area contributed by atoms with Crippen molar-refractivity contribution in [3.63, 3.8) is 0 Å². The molecule has 0 fully saturated rings. The Balaban J connectivity index is 1.50. The Morgan fingerprint density at radius 3 is 2.53 bits per heavy atom. The van der Waals surface area contributed by atoms with Crippen LogP contribution < -0.4 is 20.3 Å². The molecule has 8 heteroatoms. The van der Waals surface area contributed by atoms with Crippen LogP contribution in [0.15, 0.2) is 58.7 Å². The van der Waals surface area contributed by atoms with Crippen LogP contribution in [-0.4, -0.2) is 35.8 Å². The Morgan fingerprint density at radius 1 is 1.03 bits per heavy atom. The van der Waals surface area contributed by atoms with E-state index in [1.807, 2.05) is 41.3 Å². The normalized spacial score (nSPS) is 10.9. The first-order valence-corrected chi connectivity index (χ1v) is 13.1. The van der Waals surface area contributed by atoms with Gasteiger partial charge in [0.1, 0.15) is 0 Å². The summed E-state index contributed by atoms with van der Waals surface area (Å²) in [6.45, 7) is 5.83. The maximum atomic E-state index is 12.9. The molecule has 0 aliphatic carbocycles. The van der Waals surface area contributed by atoms with E-state index in [4.69, 9.17) is 21.7 Å². The van der Waals surface area contributed by atoms with Gasteiger partial charge < -0.3 is 24.7 Å². The lowest BCUT2D eigenvalue weighted by molar-refractivity contribution is 0.354.